The number of fused-ring (bicyclic) bond motifs is 1. The number of nitrogens with zero attached hydrogens (tertiary/aromatic N) is 1. The van der Waals surface area contributed by atoms with Gasteiger partial charge in [-0.1, -0.05) is 42.4 Å². The average Bonchev–Trinajstić information content (AvgIpc) is 2.89. The third kappa shape index (κ3) is 3.59. The zero-order chi connectivity index (χ0) is 16.2. The van der Waals surface area contributed by atoms with Gasteiger partial charge in [0.15, 0.2) is 0 Å². The molecule has 2 saturated carbocycles. The molecule has 23 heavy (non-hydrogen) atoms. The van der Waals surface area contributed by atoms with E-state index in [-0.39, 0.29) is 6.10 Å². The molecule has 1 aromatic carbocycles. The van der Waals surface area contributed by atoms with E-state index < -0.39 is 0 Å². The number of hydrogen-bond donors (Lipinski definition) is 2. The molecule has 1 aromatic rings. The summed E-state index contributed by atoms with van der Waals surface area (Å²) in [5.74, 6) is 2.35. The summed E-state index contributed by atoms with van der Waals surface area (Å²) in [4.78, 5) is 5.15. The summed E-state index contributed by atoms with van der Waals surface area (Å²) in [7, 11) is 0. The van der Waals surface area contributed by atoms with E-state index in [9.17, 15) is 5.11 Å². The van der Waals surface area contributed by atoms with Gasteiger partial charge in [-0.25, -0.2) is 0 Å². The molecule has 3 N–H and O–H groups in total. The summed E-state index contributed by atoms with van der Waals surface area (Å²) >= 11 is 0. The maximum Gasteiger partial charge on any atom is 0.129 e. The van der Waals surface area contributed by atoms with Crippen molar-refractivity contribution in [3.05, 3.63) is 35.9 Å². The molecule has 0 aliphatic heterocycles. The Labute approximate surface area is 138 Å². The second-order valence-corrected chi connectivity index (χ2v) is 7.14. The molecule has 4 nitrogen and oxygen atoms in total. The predicted octanol–water partition coefficient (Wildman–Crippen LogP) is 2.77. The second-order valence-electron chi connectivity index (χ2n) is 7.14. The van der Waals surface area contributed by atoms with E-state index in [1.165, 1.54) is 12.0 Å². The van der Waals surface area contributed by atoms with E-state index in [4.69, 9.17) is 10.6 Å². The van der Waals surface area contributed by atoms with Crippen LogP contribution < -0.4 is 5.73 Å². The van der Waals surface area contributed by atoms with Crippen molar-refractivity contribution in [1.29, 1.82) is 0 Å². The Balaban J connectivity index is 1.69. The quantitative estimate of drug-likeness (QED) is 0.498. The van der Waals surface area contributed by atoms with Gasteiger partial charge in [-0.05, 0) is 48.5 Å². The van der Waals surface area contributed by atoms with Crippen molar-refractivity contribution in [3.8, 4) is 0 Å². The molecular formula is C19H28N2O2. The minimum atomic E-state index is -0.222. The Hall–Kier alpha value is -1.39. The summed E-state index contributed by atoms with van der Waals surface area (Å²) in [6, 6.07) is 10.7. The second kappa shape index (κ2) is 7.45. The molecule has 0 amide bonds. The Kier molecular flexibility index (Phi) is 5.34. The van der Waals surface area contributed by atoms with Crippen LogP contribution in [0.2, 0.25) is 0 Å². The average molecular weight is 316 g/mol. The van der Waals surface area contributed by atoms with Crippen molar-refractivity contribution >= 4 is 6.21 Å². The van der Waals surface area contributed by atoms with Gasteiger partial charge in [0, 0.05) is 18.7 Å². The van der Waals surface area contributed by atoms with Gasteiger partial charge < -0.3 is 15.7 Å². The molecular weight excluding hydrogens is 288 g/mol. The van der Waals surface area contributed by atoms with Crippen LogP contribution in [0.15, 0.2) is 35.5 Å². The van der Waals surface area contributed by atoms with E-state index in [0.29, 0.717) is 42.7 Å². The summed E-state index contributed by atoms with van der Waals surface area (Å²) in [5.41, 5.74) is 6.82. The van der Waals surface area contributed by atoms with E-state index >= 15 is 0 Å². The Morgan fingerprint density at radius 1 is 1.26 bits per heavy atom. The van der Waals surface area contributed by atoms with Crippen molar-refractivity contribution in [2.45, 2.75) is 38.2 Å². The summed E-state index contributed by atoms with van der Waals surface area (Å²) in [6.07, 6.45) is 4.75. The van der Waals surface area contributed by atoms with Crippen LogP contribution in [0, 0.1) is 23.7 Å². The van der Waals surface area contributed by atoms with Gasteiger partial charge in [-0.15, -0.1) is 0 Å². The number of aliphatic hydroxyl groups is 1. The molecule has 2 aliphatic carbocycles. The van der Waals surface area contributed by atoms with Crippen LogP contribution in [0.3, 0.4) is 0 Å². The van der Waals surface area contributed by atoms with Gasteiger partial charge in [0.1, 0.15) is 6.61 Å². The number of benzene rings is 1. The summed E-state index contributed by atoms with van der Waals surface area (Å²) < 4.78 is 0. The van der Waals surface area contributed by atoms with Gasteiger partial charge in [-0.2, -0.15) is 0 Å². The van der Waals surface area contributed by atoms with Crippen LogP contribution in [0.4, 0.5) is 0 Å². The van der Waals surface area contributed by atoms with Gasteiger partial charge in [0.05, 0.1) is 6.10 Å². The molecule has 6 atom stereocenters. The fraction of sp³-hybridized carbons (Fsp3) is 0.632. The smallest absolute Gasteiger partial charge is 0.129 e. The fourth-order valence-corrected chi connectivity index (χ4v) is 4.76. The first-order valence-corrected chi connectivity index (χ1v) is 8.79. The van der Waals surface area contributed by atoms with Crippen LogP contribution in [0.5, 0.6) is 0 Å². The van der Waals surface area contributed by atoms with Crippen molar-refractivity contribution in [3.63, 3.8) is 0 Å². The molecule has 2 aliphatic rings. The number of aliphatic hydroxyl groups excluding tert-OH is 1. The first kappa shape index (κ1) is 16.5. The lowest BCUT2D eigenvalue weighted by Crippen LogP contribution is -2.34. The molecule has 0 bridgehead atoms. The lowest BCUT2D eigenvalue weighted by molar-refractivity contribution is 0.0660. The number of hydrogen-bond acceptors (Lipinski definition) is 4. The Bertz CT molecular complexity index is 519. The monoisotopic (exact) mass is 316 g/mol. The minimum absolute atomic E-state index is 0.222. The highest BCUT2D eigenvalue weighted by Crippen LogP contribution is 2.52. The lowest BCUT2D eigenvalue weighted by atomic mass is 9.66. The minimum Gasteiger partial charge on any atom is -0.395 e. The molecule has 0 spiro atoms. The van der Waals surface area contributed by atoms with Crippen LogP contribution >= 0.6 is 0 Å². The zero-order valence-corrected chi connectivity index (χ0v) is 13.8. The highest BCUT2D eigenvalue weighted by molar-refractivity contribution is 5.61. The third-order valence-electron chi connectivity index (χ3n) is 5.67. The number of oxime groups is 1. The van der Waals surface area contributed by atoms with E-state index in [1.807, 2.05) is 6.21 Å². The van der Waals surface area contributed by atoms with Crippen LogP contribution in [0.1, 0.15) is 37.7 Å². The molecule has 126 valence electrons. The Morgan fingerprint density at radius 3 is 2.78 bits per heavy atom. The van der Waals surface area contributed by atoms with Crippen LogP contribution in [-0.2, 0) is 4.84 Å². The lowest BCUT2D eigenvalue weighted by Gasteiger charge is -2.39. The van der Waals surface area contributed by atoms with E-state index in [1.54, 1.807) is 0 Å². The van der Waals surface area contributed by atoms with Crippen molar-refractivity contribution < 1.29 is 9.94 Å². The summed E-state index contributed by atoms with van der Waals surface area (Å²) in [5, 5.41) is 14.6. The molecule has 2 fully saturated rings. The molecule has 0 unspecified atom stereocenters. The molecule has 0 aromatic heterocycles. The largest absolute Gasteiger partial charge is 0.395 e. The highest BCUT2D eigenvalue weighted by Gasteiger charge is 2.48. The zero-order valence-electron chi connectivity index (χ0n) is 13.8. The maximum absolute atomic E-state index is 10.6. The van der Waals surface area contributed by atoms with Crippen LogP contribution in [-0.4, -0.2) is 30.6 Å². The van der Waals surface area contributed by atoms with Gasteiger partial charge in [-0.3, -0.25) is 0 Å². The first-order chi connectivity index (χ1) is 11.2. The Morgan fingerprint density at radius 2 is 2.04 bits per heavy atom. The molecule has 0 heterocycles. The van der Waals surface area contributed by atoms with Crippen molar-refractivity contribution in [2.75, 3.05) is 13.2 Å². The van der Waals surface area contributed by atoms with Gasteiger partial charge in [0.25, 0.3) is 0 Å². The molecule has 4 heteroatoms. The van der Waals surface area contributed by atoms with Gasteiger partial charge >= 0.3 is 0 Å². The predicted molar refractivity (Wildman–Crippen MR) is 92.2 cm³/mol. The third-order valence-corrected chi connectivity index (χ3v) is 5.67. The highest BCUT2D eigenvalue weighted by atomic mass is 16.6. The standard InChI is InChI=1S/C19H28N2O2/c1-13-9-15(14-5-3-2-4-6-14)10-17-18(22)11-16(19(13)17)12-21-23-8-7-20/h2-6,12-13,15-19,22H,7-11,20H2,1H3/b21-12+/t13-,15-,16+,17+,18-,19+/m0/s1. The molecule has 0 radical (unpaired) electrons. The molecule has 0 saturated heterocycles. The number of nitrogens with two attached hydrogens (primary N) is 1. The topological polar surface area (TPSA) is 67.8 Å². The van der Waals surface area contributed by atoms with E-state index in [0.717, 1.165) is 12.8 Å². The molecule has 3 rings (SSSR count). The first-order valence-electron chi connectivity index (χ1n) is 8.79. The SMILES string of the molecule is C[C@H]1C[C@H](c2ccccc2)C[C@H]2[C@H]1[C@@H](/C=N/OCCN)C[C@@H]2O. The number of rotatable bonds is 5. The normalized spacial score (nSPS) is 37.0. The summed E-state index contributed by atoms with van der Waals surface area (Å²) in [6.45, 7) is 3.25. The van der Waals surface area contributed by atoms with Crippen LogP contribution in [0.25, 0.3) is 0 Å². The van der Waals surface area contributed by atoms with E-state index in [2.05, 4.69) is 42.4 Å². The van der Waals surface area contributed by atoms with Crippen molar-refractivity contribution in [2.24, 2.45) is 34.6 Å². The maximum atomic E-state index is 10.6. The van der Waals surface area contributed by atoms with Crippen molar-refractivity contribution in [1.82, 2.24) is 0 Å². The fourth-order valence-electron chi connectivity index (χ4n) is 4.76. The van der Waals surface area contributed by atoms with Gasteiger partial charge in [0.2, 0.25) is 0 Å².